The quantitative estimate of drug-likeness (QED) is 0.722. The monoisotopic (exact) mass is 342 g/mol. The molecule has 0 amide bonds. The molecule has 24 heavy (non-hydrogen) atoms. The summed E-state index contributed by atoms with van der Waals surface area (Å²) in [7, 11) is 1.86. The van der Waals surface area contributed by atoms with Crippen molar-refractivity contribution in [1.82, 2.24) is 9.88 Å². The van der Waals surface area contributed by atoms with E-state index < -0.39 is 5.97 Å². The Hall–Kier alpha value is -2.44. The summed E-state index contributed by atoms with van der Waals surface area (Å²) in [5.41, 5.74) is 1.78. The number of carboxylic acid groups (broad SMARTS) is 1. The van der Waals surface area contributed by atoms with Crippen LogP contribution < -0.4 is 4.87 Å². The number of hydrogen-bond donors (Lipinski definition) is 2. The molecular weight excluding hydrogens is 324 g/mol. The van der Waals surface area contributed by atoms with Crippen LogP contribution in [-0.4, -0.2) is 34.6 Å². The highest BCUT2D eigenvalue weighted by Crippen LogP contribution is 2.27. The lowest BCUT2D eigenvalue weighted by Gasteiger charge is -2.15. The number of nitrogens with one attached hydrogen (secondary N) is 1. The Balaban J connectivity index is 1.90. The number of carboxylic acids is 1. The van der Waals surface area contributed by atoms with E-state index in [0.29, 0.717) is 13.1 Å². The Kier molecular flexibility index (Phi) is 4.78. The first-order valence-corrected chi connectivity index (χ1v) is 8.46. The van der Waals surface area contributed by atoms with Crippen LogP contribution in [0.25, 0.3) is 22.0 Å². The molecule has 0 unspecified atom stereocenters. The van der Waals surface area contributed by atoms with Gasteiger partial charge in [0.2, 0.25) is 0 Å². The van der Waals surface area contributed by atoms with Crippen LogP contribution in [0.5, 0.6) is 0 Å². The highest BCUT2D eigenvalue weighted by Gasteiger charge is 2.13. The van der Waals surface area contributed by atoms with Crippen molar-refractivity contribution in [3.05, 3.63) is 57.0 Å². The van der Waals surface area contributed by atoms with E-state index in [1.165, 1.54) is 11.3 Å². The van der Waals surface area contributed by atoms with Crippen LogP contribution in [-0.2, 0) is 11.3 Å². The van der Waals surface area contributed by atoms with E-state index in [9.17, 15) is 9.59 Å². The summed E-state index contributed by atoms with van der Waals surface area (Å²) in [5.74, 6) is -0.821. The Labute approximate surface area is 143 Å². The van der Waals surface area contributed by atoms with E-state index in [2.05, 4.69) is 17.1 Å². The van der Waals surface area contributed by atoms with Crippen molar-refractivity contribution >= 4 is 28.1 Å². The zero-order chi connectivity index (χ0) is 17.1. The van der Waals surface area contributed by atoms with Gasteiger partial charge in [0.1, 0.15) is 0 Å². The van der Waals surface area contributed by atoms with Crippen LogP contribution in [0.15, 0.2) is 47.3 Å². The minimum atomic E-state index is -0.821. The van der Waals surface area contributed by atoms with Crippen LogP contribution >= 0.6 is 11.3 Å². The molecule has 0 aliphatic heterocycles. The predicted octanol–water partition coefficient (Wildman–Crippen LogP) is 3.16. The van der Waals surface area contributed by atoms with Gasteiger partial charge in [-0.25, -0.2) is 0 Å². The van der Waals surface area contributed by atoms with Gasteiger partial charge in [-0.2, -0.15) is 0 Å². The molecule has 3 rings (SSSR count). The third-order valence-electron chi connectivity index (χ3n) is 3.88. The van der Waals surface area contributed by atoms with Crippen molar-refractivity contribution in [2.45, 2.75) is 13.0 Å². The number of aliphatic carboxylic acids is 1. The predicted molar refractivity (Wildman–Crippen MR) is 96.5 cm³/mol. The molecule has 5 nitrogen and oxygen atoms in total. The number of nitrogens with zero attached hydrogens (tertiary/aromatic N) is 1. The van der Waals surface area contributed by atoms with Crippen LogP contribution in [0.3, 0.4) is 0 Å². The molecule has 0 saturated carbocycles. The molecule has 3 aromatic rings. The van der Waals surface area contributed by atoms with Crippen LogP contribution in [0, 0.1) is 0 Å². The van der Waals surface area contributed by atoms with Crippen molar-refractivity contribution in [1.29, 1.82) is 0 Å². The summed E-state index contributed by atoms with van der Waals surface area (Å²) in [6.07, 6.45) is 0.0845. The second-order valence-electron chi connectivity index (χ2n) is 5.76. The Bertz CT molecular complexity index is 929. The van der Waals surface area contributed by atoms with E-state index in [1.54, 1.807) is 0 Å². The summed E-state index contributed by atoms with van der Waals surface area (Å²) in [6, 6.07) is 14.2. The number of H-pyrrole nitrogens is 1. The number of rotatable bonds is 6. The Morgan fingerprint density at radius 3 is 2.71 bits per heavy atom. The number of benzene rings is 2. The van der Waals surface area contributed by atoms with Gasteiger partial charge in [0.25, 0.3) is 0 Å². The van der Waals surface area contributed by atoms with Crippen molar-refractivity contribution in [2.24, 2.45) is 0 Å². The second-order valence-corrected chi connectivity index (χ2v) is 6.82. The fraction of sp³-hybridized carbons (Fsp3) is 0.222. The smallest absolute Gasteiger partial charge is 0.305 e. The Morgan fingerprint density at radius 2 is 1.96 bits per heavy atom. The SMILES string of the molecule is CN(CCC(=O)O)Cc1sc(=O)[nH]c1-c1ccc2ccccc2c1. The molecule has 0 fully saturated rings. The van der Waals surface area contributed by atoms with Gasteiger partial charge in [-0.05, 0) is 29.4 Å². The largest absolute Gasteiger partial charge is 0.481 e. The summed E-state index contributed by atoms with van der Waals surface area (Å²) in [4.78, 5) is 28.2. The maximum absolute atomic E-state index is 11.8. The van der Waals surface area contributed by atoms with Crippen LogP contribution in [0.2, 0.25) is 0 Å². The van der Waals surface area contributed by atoms with Crippen molar-refractivity contribution in [3.63, 3.8) is 0 Å². The first kappa shape index (κ1) is 16.4. The number of aromatic nitrogens is 1. The standard InChI is InChI=1S/C18H18N2O3S/c1-20(9-8-16(21)22)11-15-17(19-18(23)24-15)14-7-6-12-4-2-3-5-13(12)10-14/h2-7,10H,8-9,11H2,1H3,(H,19,23)(H,21,22). The number of thiazole rings is 1. The second kappa shape index (κ2) is 6.98. The number of aromatic amines is 1. The molecule has 6 heteroatoms. The molecule has 0 aliphatic rings. The van der Waals surface area contributed by atoms with Gasteiger partial charge in [-0.1, -0.05) is 47.7 Å². The van der Waals surface area contributed by atoms with E-state index >= 15 is 0 Å². The molecule has 0 aliphatic carbocycles. The molecule has 2 aromatic carbocycles. The Morgan fingerprint density at radius 1 is 1.21 bits per heavy atom. The first-order chi connectivity index (χ1) is 11.5. The van der Waals surface area contributed by atoms with Gasteiger partial charge in [-0.15, -0.1) is 0 Å². The highest BCUT2D eigenvalue weighted by molar-refractivity contribution is 7.09. The summed E-state index contributed by atoms with van der Waals surface area (Å²) >= 11 is 1.18. The molecule has 124 valence electrons. The summed E-state index contributed by atoms with van der Waals surface area (Å²) < 4.78 is 0. The molecule has 0 spiro atoms. The zero-order valence-corrected chi connectivity index (χ0v) is 14.1. The molecular formula is C18H18N2O3S. The number of hydrogen-bond acceptors (Lipinski definition) is 4. The van der Waals surface area contributed by atoms with E-state index in [1.807, 2.05) is 42.3 Å². The van der Waals surface area contributed by atoms with E-state index in [-0.39, 0.29) is 11.3 Å². The number of carbonyl (C=O) groups is 1. The minimum absolute atomic E-state index is 0.0845. The van der Waals surface area contributed by atoms with E-state index in [4.69, 9.17) is 5.11 Å². The fourth-order valence-electron chi connectivity index (χ4n) is 2.66. The first-order valence-electron chi connectivity index (χ1n) is 7.64. The molecule has 0 saturated heterocycles. The maximum Gasteiger partial charge on any atom is 0.305 e. The molecule has 0 bridgehead atoms. The molecule has 0 radical (unpaired) electrons. The highest BCUT2D eigenvalue weighted by atomic mass is 32.1. The van der Waals surface area contributed by atoms with Gasteiger partial charge >= 0.3 is 10.8 Å². The van der Waals surface area contributed by atoms with Gasteiger partial charge in [0, 0.05) is 18.0 Å². The molecule has 1 aromatic heterocycles. The molecule has 0 atom stereocenters. The minimum Gasteiger partial charge on any atom is -0.481 e. The number of fused-ring (bicyclic) bond motifs is 1. The summed E-state index contributed by atoms with van der Waals surface area (Å²) in [6.45, 7) is 0.984. The van der Waals surface area contributed by atoms with Gasteiger partial charge in [-0.3, -0.25) is 9.59 Å². The van der Waals surface area contributed by atoms with Gasteiger partial charge in [0.15, 0.2) is 0 Å². The molecule has 1 heterocycles. The van der Waals surface area contributed by atoms with Crippen molar-refractivity contribution in [3.8, 4) is 11.3 Å². The third-order valence-corrected chi connectivity index (χ3v) is 4.75. The average molecular weight is 342 g/mol. The lowest BCUT2D eigenvalue weighted by Crippen LogP contribution is -2.21. The average Bonchev–Trinajstić information content (AvgIpc) is 2.93. The zero-order valence-electron chi connectivity index (χ0n) is 13.3. The van der Waals surface area contributed by atoms with Gasteiger partial charge < -0.3 is 15.0 Å². The molecule has 2 N–H and O–H groups in total. The van der Waals surface area contributed by atoms with Crippen LogP contribution in [0.4, 0.5) is 0 Å². The topological polar surface area (TPSA) is 73.4 Å². The third kappa shape index (κ3) is 3.72. The summed E-state index contributed by atoms with van der Waals surface area (Å²) in [5, 5.41) is 11.1. The maximum atomic E-state index is 11.8. The van der Waals surface area contributed by atoms with Crippen molar-refractivity contribution < 1.29 is 9.90 Å². The van der Waals surface area contributed by atoms with E-state index in [0.717, 1.165) is 26.9 Å². The fourth-order valence-corrected chi connectivity index (χ4v) is 3.59. The lowest BCUT2D eigenvalue weighted by atomic mass is 10.0. The van der Waals surface area contributed by atoms with Gasteiger partial charge in [0.05, 0.1) is 12.1 Å². The van der Waals surface area contributed by atoms with Crippen LogP contribution in [0.1, 0.15) is 11.3 Å². The lowest BCUT2D eigenvalue weighted by molar-refractivity contribution is -0.137. The normalized spacial score (nSPS) is 11.2. The van der Waals surface area contributed by atoms with Crippen molar-refractivity contribution in [2.75, 3.05) is 13.6 Å².